The molecule has 0 radical (unpaired) electrons. The van der Waals surface area contributed by atoms with Crippen LogP contribution in [0.15, 0.2) is 55.2 Å². The van der Waals surface area contributed by atoms with E-state index in [0.29, 0.717) is 23.8 Å². The molecule has 3 rings (SSSR count). The molecule has 1 aromatic carbocycles. The molecule has 8 heteroatoms. The molecule has 0 aliphatic carbocycles. The van der Waals surface area contributed by atoms with Crippen molar-refractivity contribution in [3.8, 4) is 11.6 Å². The van der Waals surface area contributed by atoms with Crippen LogP contribution in [-0.4, -0.2) is 32.4 Å². The first-order chi connectivity index (χ1) is 12.7. The first-order valence-corrected chi connectivity index (χ1v) is 8.36. The lowest BCUT2D eigenvalue weighted by atomic mass is 10.3. The molecule has 0 aliphatic heterocycles. The van der Waals surface area contributed by atoms with Crippen molar-refractivity contribution in [1.82, 2.24) is 19.7 Å². The zero-order valence-electron chi connectivity index (χ0n) is 14.4. The SMILES string of the molecule is CCCCOc1ccc(NC(=O)Nc2ccc(-n3cnnc3)nc2)cc1. The third-order valence-corrected chi connectivity index (χ3v) is 3.57. The molecule has 134 valence electrons. The average molecular weight is 352 g/mol. The van der Waals surface area contributed by atoms with Crippen LogP contribution in [-0.2, 0) is 0 Å². The Kier molecular flexibility index (Phi) is 5.76. The van der Waals surface area contributed by atoms with Crippen LogP contribution in [0.2, 0.25) is 0 Å². The predicted octanol–water partition coefficient (Wildman–Crippen LogP) is 3.49. The number of rotatable bonds is 7. The Bertz CT molecular complexity index is 816. The molecule has 2 aromatic heterocycles. The minimum absolute atomic E-state index is 0.344. The van der Waals surface area contributed by atoms with Gasteiger partial charge in [0.05, 0.1) is 18.5 Å². The molecule has 2 N–H and O–H groups in total. The first kappa shape index (κ1) is 17.4. The summed E-state index contributed by atoms with van der Waals surface area (Å²) in [6.07, 6.45) is 6.79. The van der Waals surface area contributed by atoms with Crippen molar-refractivity contribution in [1.29, 1.82) is 0 Å². The van der Waals surface area contributed by atoms with Crippen LogP contribution in [0.1, 0.15) is 19.8 Å². The minimum Gasteiger partial charge on any atom is -0.494 e. The van der Waals surface area contributed by atoms with E-state index >= 15 is 0 Å². The van der Waals surface area contributed by atoms with Crippen LogP contribution in [0.5, 0.6) is 5.75 Å². The maximum atomic E-state index is 12.1. The molecule has 26 heavy (non-hydrogen) atoms. The van der Waals surface area contributed by atoms with Crippen molar-refractivity contribution in [2.45, 2.75) is 19.8 Å². The molecule has 0 spiro atoms. The third kappa shape index (κ3) is 4.79. The standard InChI is InChI=1S/C18H20N6O2/c1-2-3-10-26-16-7-4-14(5-8-16)22-18(25)23-15-6-9-17(19-11-15)24-12-20-21-13-24/h4-9,11-13H,2-3,10H2,1H3,(H2,22,23,25). The van der Waals surface area contributed by atoms with Crippen LogP contribution < -0.4 is 15.4 Å². The summed E-state index contributed by atoms with van der Waals surface area (Å²) in [5, 5.41) is 13.0. The maximum absolute atomic E-state index is 12.1. The second kappa shape index (κ2) is 8.61. The van der Waals surface area contributed by atoms with Crippen LogP contribution in [0.3, 0.4) is 0 Å². The van der Waals surface area contributed by atoms with Gasteiger partial charge in [0.25, 0.3) is 0 Å². The number of benzene rings is 1. The van der Waals surface area contributed by atoms with Crippen molar-refractivity contribution in [2.75, 3.05) is 17.2 Å². The zero-order chi connectivity index (χ0) is 18.2. The Morgan fingerprint density at radius 2 is 1.73 bits per heavy atom. The Hall–Kier alpha value is -3.42. The summed E-state index contributed by atoms with van der Waals surface area (Å²) in [4.78, 5) is 16.3. The number of nitrogens with one attached hydrogen (secondary N) is 2. The van der Waals surface area contributed by atoms with Crippen molar-refractivity contribution in [3.63, 3.8) is 0 Å². The summed E-state index contributed by atoms with van der Waals surface area (Å²) < 4.78 is 7.27. The van der Waals surface area contributed by atoms with E-state index in [-0.39, 0.29) is 6.03 Å². The Morgan fingerprint density at radius 3 is 2.38 bits per heavy atom. The number of nitrogens with zero attached hydrogens (tertiary/aromatic N) is 4. The fraction of sp³-hybridized carbons (Fsp3) is 0.222. The maximum Gasteiger partial charge on any atom is 0.323 e. The topological polar surface area (TPSA) is 94.0 Å². The highest BCUT2D eigenvalue weighted by molar-refractivity contribution is 5.99. The molecule has 8 nitrogen and oxygen atoms in total. The zero-order valence-corrected chi connectivity index (χ0v) is 14.4. The van der Waals surface area contributed by atoms with Crippen LogP contribution in [0.4, 0.5) is 16.2 Å². The second-order valence-corrected chi connectivity index (χ2v) is 5.58. The van der Waals surface area contributed by atoms with Gasteiger partial charge in [-0.05, 0) is 42.8 Å². The van der Waals surface area contributed by atoms with E-state index in [1.807, 2.05) is 12.1 Å². The van der Waals surface area contributed by atoms with E-state index in [1.54, 1.807) is 47.7 Å². The quantitative estimate of drug-likeness (QED) is 0.635. The number of carbonyl (C=O) groups excluding carboxylic acids is 1. The van der Waals surface area contributed by atoms with E-state index in [4.69, 9.17) is 4.74 Å². The molecule has 3 aromatic rings. The number of pyridine rings is 1. The van der Waals surface area contributed by atoms with Gasteiger partial charge in [0, 0.05) is 5.69 Å². The summed E-state index contributed by atoms with van der Waals surface area (Å²) >= 11 is 0. The Labute approximate surface area is 151 Å². The first-order valence-electron chi connectivity index (χ1n) is 8.36. The van der Waals surface area contributed by atoms with E-state index in [1.165, 1.54) is 0 Å². The number of amides is 2. The lowest BCUT2D eigenvalue weighted by Gasteiger charge is -2.09. The minimum atomic E-state index is -0.344. The molecule has 0 aliphatic rings. The highest BCUT2D eigenvalue weighted by Gasteiger charge is 2.04. The van der Waals surface area contributed by atoms with Crippen molar-refractivity contribution < 1.29 is 9.53 Å². The van der Waals surface area contributed by atoms with Crippen molar-refractivity contribution in [3.05, 3.63) is 55.2 Å². The fourth-order valence-corrected chi connectivity index (χ4v) is 2.19. The Morgan fingerprint density at radius 1 is 1.04 bits per heavy atom. The van der Waals surface area contributed by atoms with Gasteiger partial charge < -0.3 is 15.4 Å². The predicted molar refractivity (Wildman–Crippen MR) is 98.6 cm³/mol. The third-order valence-electron chi connectivity index (χ3n) is 3.57. The van der Waals surface area contributed by atoms with Gasteiger partial charge in [0.15, 0.2) is 0 Å². The molecule has 0 unspecified atom stereocenters. The number of hydrogen-bond donors (Lipinski definition) is 2. The molecule has 0 saturated heterocycles. The van der Waals surface area contributed by atoms with Crippen LogP contribution >= 0.6 is 0 Å². The molecule has 0 fully saturated rings. The largest absolute Gasteiger partial charge is 0.494 e. The average Bonchev–Trinajstić information content (AvgIpc) is 3.19. The lowest BCUT2D eigenvalue weighted by molar-refractivity contribution is 0.262. The van der Waals surface area contributed by atoms with E-state index < -0.39 is 0 Å². The number of anilines is 2. The summed E-state index contributed by atoms with van der Waals surface area (Å²) in [7, 11) is 0. The number of aromatic nitrogens is 4. The summed E-state index contributed by atoms with van der Waals surface area (Å²) in [5.41, 5.74) is 1.26. The van der Waals surface area contributed by atoms with Crippen LogP contribution in [0, 0.1) is 0 Å². The number of urea groups is 1. The number of carbonyl (C=O) groups is 1. The highest BCUT2D eigenvalue weighted by Crippen LogP contribution is 2.16. The monoisotopic (exact) mass is 352 g/mol. The molecule has 0 bridgehead atoms. The highest BCUT2D eigenvalue weighted by atomic mass is 16.5. The smallest absolute Gasteiger partial charge is 0.323 e. The van der Waals surface area contributed by atoms with Gasteiger partial charge in [-0.15, -0.1) is 10.2 Å². The molecule has 0 saturated carbocycles. The number of unbranched alkanes of at least 4 members (excludes halogenated alkanes) is 1. The molecule has 0 atom stereocenters. The van der Waals surface area contributed by atoms with E-state index in [9.17, 15) is 4.79 Å². The van der Waals surface area contributed by atoms with Gasteiger partial charge in [0.1, 0.15) is 24.2 Å². The van der Waals surface area contributed by atoms with E-state index in [0.717, 1.165) is 18.6 Å². The second-order valence-electron chi connectivity index (χ2n) is 5.58. The van der Waals surface area contributed by atoms with Gasteiger partial charge >= 0.3 is 6.03 Å². The number of ether oxygens (including phenoxy) is 1. The summed E-state index contributed by atoms with van der Waals surface area (Å²) in [6.45, 7) is 2.81. The van der Waals surface area contributed by atoms with Crippen LogP contribution in [0.25, 0.3) is 5.82 Å². The number of hydrogen-bond acceptors (Lipinski definition) is 5. The molecular weight excluding hydrogens is 332 g/mol. The van der Waals surface area contributed by atoms with Gasteiger partial charge in [0.2, 0.25) is 0 Å². The van der Waals surface area contributed by atoms with Gasteiger partial charge in [-0.2, -0.15) is 0 Å². The normalized spacial score (nSPS) is 10.3. The summed E-state index contributed by atoms with van der Waals surface area (Å²) in [5.74, 6) is 1.46. The van der Waals surface area contributed by atoms with Gasteiger partial charge in [-0.1, -0.05) is 13.3 Å². The fourth-order valence-electron chi connectivity index (χ4n) is 2.19. The lowest BCUT2D eigenvalue weighted by Crippen LogP contribution is -2.19. The van der Waals surface area contributed by atoms with Crippen molar-refractivity contribution >= 4 is 17.4 Å². The molecular formula is C18H20N6O2. The molecule has 2 amide bonds. The van der Waals surface area contributed by atoms with Gasteiger partial charge in [-0.25, -0.2) is 9.78 Å². The Balaban J connectivity index is 1.52. The molecule has 2 heterocycles. The van der Waals surface area contributed by atoms with Gasteiger partial charge in [-0.3, -0.25) is 4.57 Å². The van der Waals surface area contributed by atoms with E-state index in [2.05, 4.69) is 32.7 Å². The van der Waals surface area contributed by atoms with Crippen molar-refractivity contribution in [2.24, 2.45) is 0 Å². The summed E-state index contributed by atoms with van der Waals surface area (Å²) in [6, 6.07) is 10.4.